The van der Waals surface area contributed by atoms with Crippen molar-refractivity contribution in [3.63, 3.8) is 0 Å². The molecule has 0 aromatic heterocycles. The Labute approximate surface area is 105 Å². The summed E-state index contributed by atoms with van der Waals surface area (Å²) in [6.45, 7) is 12.7. The zero-order valence-electron chi connectivity index (χ0n) is 11.6. The van der Waals surface area contributed by atoms with E-state index in [1.165, 1.54) is 0 Å². The van der Waals surface area contributed by atoms with Gasteiger partial charge < -0.3 is 10.8 Å². The second kappa shape index (κ2) is 6.80. The highest BCUT2D eigenvalue weighted by molar-refractivity contribution is 5.87. The third-order valence-electron chi connectivity index (χ3n) is 3.12. The average molecular weight is 241 g/mol. The summed E-state index contributed by atoms with van der Waals surface area (Å²) < 4.78 is 0. The average Bonchev–Trinajstić information content (AvgIpc) is 2.14. The highest BCUT2D eigenvalue weighted by Gasteiger charge is 2.37. The van der Waals surface area contributed by atoms with Crippen LogP contribution in [0.4, 0.5) is 0 Å². The predicted octanol–water partition coefficient (Wildman–Crippen LogP) is 3.05. The molecule has 0 aliphatic rings. The molecule has 0 saturated carbocycles. The maximum absolute atomic E-state index is 11.2. The van der Waals surface area contributed by atoms with Crippen LogP contribution in [0.3, 0.4) is 0 Å². The monoisotopic (exact) mass is 241 g/mol. The summed E-state index contributed by atoms with van der Waals surface area (Å²) in [5.41, 5.74) is 5.65. The van der Waals surface area contributed by atoms with Crippen molar-refractivity contribution in [2.45, 2.75) is 47.0 Å². The molecule has 0 aromatic carbocycles. The fourth-order valence-electron chi connectivity index (χ4n) is 2.75. The molecule has 0 bridgehead atoms. The lowest BCUT2D eigenvalue weighted by molar-refractivity contribution is -0.134. The van der Waals surface area contributed by atoms with E-state index < -0.39 is 5.97 Å². The molecule has 17 heavy (non-hydrogen) atoms. The van der Waals surface area contributed by atoms with Crippen LogP contribution in [0, 0.1) is 17.3 Å². The number of carbonyl (C=O) groups is 1. The van der Waals surface area contributed by atoms with Crippen molar-refractivity contribution in [1.29, 1.82) is 0 Å². The zero-order valence-corrected chi connectivity index (χ0v) is 11.6. The number of hydrogen-bond acceptors (Lipinski definition) is 2. The SMILES string of the molecule is C=C(C(=O)O)C(CCN)(CC(C)C)CC(C)C. The zero-order chi connectivity index (χ0) is 13.6. The molecule has 0 heterocycles. The van der Waals surface area contributed by atoms with Gasteiger partial charge in [-0.05, 0) is 37.6 Å². The van der Waals surface area contributed by atoms with Gasteiger partial charge in [0.2, 0.25) is 0 Å². The number of aliphatic carboxylic acids is 1. The minimum Gasteiger partial charge on any atom is -0.478 e. The van der Waals surface area contributed by atoms with Gasteiger partial charge >= 0.3 is 5.97 Å². The molecular weight excluding hydrogens is 214 g/mol. The maximum atomic E-state index is 11.2. The second-order valence-electron chi connectivity index (χ2n) is 5.80. The van der Waals surface area contributed by atoms with Crippen molar-refractivity contribution >= 4 is 5.97 Å². The first kappa shape index (κ1) is 16.2. The molecule has 0 radical (unpaired) electrons. The molecule has 0 spiro atoms. The molecule has 3 nitrogen and oxygen atoms in total. The first-order valence-corrected chi connectivity index (χ1v) is 6.38. The third-order valence-corrected chi connectivity index (χ3v) is 3.12. The molecule has 0 atom stereocenters. The van der Waals surface area contributed by atoms with Crippen LogP contribution in [-0.4, -0.2) is 17.6 Å². The van der Waals surface area contributed by atoms with Crippen molar-refractivity contribution in [3.8, 4) is 0 Å². The van der Waals surface area contributed by atoms with E-state index in [1.807, 2.05) is 0 Å². The van der Waals surface area contributed by atoms with Crippen molar-refractivity contribution in [3.05, 3.63) is 12.2 Å². The summed E-state index contributed by atoms with van der Waals surface area (Å²) in [7, 11) is 0. The lowest BCUT2D eigenvalue weighted by Gasteiger charge is -2.37. The molecule has 0 unspecified atom stereocenters. The largest absolute Gasteiger partial charge is 0.478 e. The third kappa shape index (κ3) is 4.90. The van der Waals surface area contributed by atoms with Gasteiger partial charge in [0.15, 0.2) is 0 Å². The van der Waals surface area contributed by atoms with E-state index in [0.29, 0.717) is 30.4 Å². The molecule has 0 rings (SSSR count). The van der Waals surface area contributed by atoms with Crippen LogP contribution in [0.25, 0.3) is 0 Å². The molecule has 0 fully saturated rings. The van der Waals surface area contributed by atoms with Crippen LogP contribution in [0.2, 0.25) is 0 Å². The molecular formula is C14H27NO2. The predicted molar refractivity (Wildman–Crippen MR) is 71.8 cm³/mol. The Hall–Kier alpha value is -0.830. The Morgan fingerprint density at radius 2 is 1.65 bits per heavy atom. The molecule has 0 saturated heterocycles. The van der Waals surface area contributed by atoms with Crippen molar-refractivity contribution in [2.24, 2.45) is 23.0 Å². The molecule has 100 valence electrons. The molecule has 0 aromatic rings. The maximum Gasteiger partial charge on any atom is 0.331 e. The number of hydrogen-bond donors (Lipinski definition) is 2. The fourth-order valence-corrected chi connectivity index (χ4v) is 2.75. The van der Waals surface area contributed by atoms with Crippen LogP contribution >= 0.6 is 0 Å². The van der Waals surface area contributed by atoms with E-state index >= 15 is 0 Å². The standard InChI is InChI=1S/C14H27NO2/c1-10(2)8-14(6-7-15,9-11(3)4)12(5)13(16)17/h10-11H,5-9,15H2,1-4H3,(H,16,17). The van der Waals surface area contributed by atoms with E-state index in [4.69, 9.17) is 5.73 Å². The van der Waals surface area contributed by atoms with Crippen molar-refractivity contribution in [2.75, 3.05) is 6.54 Å². The van der Waals surface area contributed by atoms with Gasteiger partial charge in [0.25, 0.3) is 0 Å². The Kier molecular flexibility index (Phi) is 6.46. The molecule has 0 aliphatic heterocycles. The first-order valence-electron chi connectivity index (χ1n) is 6.38. The van der Waals surface area contributed by atoms with Gasteiger partial charge in [0.05, 0.1) is 0 Å². The summed E-state index contributed by atoms with van der Waals surface area (Å²) in [5.74, 6) is -0.00690. The van der Waals surface area contributed by atoms with E-state index in [0.717, 1.165) is 12.8 Å². The number of nitrogens with two attached hydrogens (primary N) is 1. The smallest absolute Gasteiger partial charge is 0.331 e. The molecule has 0 aliphatic carbocycles. The van der Waals surface area contributed by atoms with Crippen LogP contribution in [0.5, 0.6) is 0 Å². The van der Waals surface area contributed by atoms with Gasteiger partial charge in [-0.15, -0.1) is 0 Å². The summed E-state index contributed by atoms with van der Waals surface area (Å²) in [4.78, 5) is 11.2. The topological polar surface area (TPSA) is 63.3 Å². The van der Waals surface area contributed by atoms with Gasteiger partial charge in [-0.3, -0.25) is 0 Å². The van der Waals surface area contributed by atoms with Crippen LogP contribution in [0.15, 0.2) is 12.2 Å². The van der Waals surface area contributed by atoms with Gasteiger partial charge in [-0.2, -0.15) is 0 Å². The van der Waals surface area contributed by atoms with Gasteiger partial charge in [-0.25, -0.2) is 4.79 Å². The number of rotatable bonds is 8. The normalized spacial score (nSPS) is 12.2. The highest BCUT2D eigenvalue weighted by atomic mass is 16.4. The first-order chi connectivity index (χ1) is 7.75. The Bertz CT molecular complexity index is 259. The number of carboxylic acids is 1. The Morgan fingerprint density at radius 1 is 1.24 bits per heavy atom. The van der Waals surface area contributed by atoms with Gasteiger partial charge in [0.1, 0.15) is 0 Å². The lowest BCUT2D eigenvalue weighted by Crippen LogP contribution is -2.33. The summed E-state index contributed by atoms with van der Waals surface area (Å²) in [6.07, 6.45) is 2.38. The molecule has 0 amide bonds. The van der Waals surface area contributed by atoms with Crippen molar-refractivity contribution in [1.82, 2.24) is 0 Å². The van der Waals surface area contributed by atoms with E-state index in [1.54, 1.807) is 0 Å². The van der Waals surface area contributed by atoms with Crippen LogP contribution < -0.4 is 5.73 Å². The van der Waals surface area contributed by atoms with Crippen LogP contribution in [0.1, 0.15) is 47.0 Å². The van der Waals surface area contributed by atoms with E-state index in [2.05, 4.69) is 34.3 Å². The van der Waals surface area contributed by atoms with Gasteiger partial charge in [0, 0.05) is 11.0 Å². The van der Waals surface area contributed by atoms with Crippen LogP contribution in [-0.2, 0) is 4.79 Å². The fraction of sp³-hybridized carbons (Fsp3) is 0.786. The van der Waals surface area contributed by atoms with Gasteiger partial charge in [-0.1, -0.05) is 34.3 Å². The quantitative estimate of drug-likeness (QED) is 0.642. The number of carboxylic acid groups (broad SMARTS) is 1. The summed E-state index contributed by atoms with van der Waals surface area (Å²) >= 11 is 0. The van der Waals surface area contributed by atoms with E-state index in [-0.39, 0.29) is 5.41 Å². The summed E-state index contributed by atoms with van der Waals surface area (Å²) in [5, 5.41) is 9.23. The minimum atomic E-state index is -0.889. The Morgan fingerprint density at radius 3 is 1.88 bits per heavy atom. The Balaban J connectivity index is 5.21. The molecule has 3 heteroatoms. The lowest BCUT2D eigenvalue weighted by atomic mass is 9.67. The van der Waals surface area contributed by atoms with E-state index in [9.17, 15) is 9.90 Å². The molecule has 3 N–H and O–H groups in total. The van der Waals surface area contributed by atoms with Crippen molar-refractivity contribution < 1.29 is 9.90 Å². The summed E-state index contributed by atoms with van der Waals surface area (Å²) in [6, 6.07) is 0. The minimum absolute atomic E-state index is 0.324. The second-order valence-corrected chi connectivity index (χ2v) is 5.80. The highest BCUT2D eigenvalue weighted by Crippen LogP contribution is 2.42.